The second-order valence-corrected chi connectivity index (χ2v) is 4.27. The first-order chi connectivity index (χ1) is 10.1. The molecule has 0 atom stereocenters. The quantitative estimate of drug-likeness (QED) is 0.888. The van der Waals surface area contributed by atoms with Gasteiger partial charge in [0.15, 0.2) is 0 Å². The Hall–Kier alpha value is -2.63. The first-order valence-corrected chi connectivity index (χ1v) is 6.49. The van der Waals surface area contributed by atoms with E-state index in [1.54, 1.807) is 31.4 Å². The van der Waals surface area contributed by atoms with Crippen LogP contribution in [0.2, 0.25) is 0 Å². The Labute approximate surface area is 122 Å². The van der Waals surface area contributed by atoms with Gasteiger partial charge >= 0.3 is 0 Å². The third kappa shape index (κ3) is 3.68. The summed E-state index contributed by atoms with van der Waals surface area (Å²) in [6.45, 7) is 2.45. The summed E-state index contributed by atoms with van der Waals surface area (Å²) in [6, 6.07) is 8.07. The molecule has 1 heterocycles. The number of nitrogens with zero attached hydrogens (tertiary/aromatic N) is 1. The fourth-order valence-electron chi connectivity index (χ4n) is 1.82. The van der Waals surface area contributed by atoms with Gasteiger partial charge in [0.2, 0.25) is 0 Å². The lowest BCUT2D eigenvalue weighted by atomic mass is 10.2. The topological polar surface area (TPSA) is 63.2 Å². The average Bonchev–Trinajstić information content (AvgIpc) is 2.49. The molecule has 2 N–H and O–H groups in total. The Morgan fingerprint density at radius 2 is 2.19 bits per heavy atom. The number of carbonyl (C=O) groups is 1. The maximum absolute atomic E-state index is 13.3. The van der Waals surface area contributed by atoms with Crippen LogP contribution in [0, 0.1) is 5.82 Å². The highest BCUT2D eigenvalue weighted by molar-refractivity contribution is 6.07. The van der Waals surface area contributed by atoms with E-state index in [4.69, 9.17) is 4.74 Å². The van der Waals surface area contributed by atoms with Gasteiger partial charge in [0.25, 0.3) is 5.91 Å². The average molecular weight is 289 g/mol. The summed E-state index contributed by atoms with van der Waals surface area (Å²) in [5, 5.41) is 5.62. The molecule has 2 rings (SSSR count). The molecule has 0 spiro atoms. The van der Waals surface area contributed by atoms with Crippen LogP contribution in [0.4, 0.5) is 15.9 Å². The van der Waals surface area contributed by atoms with E-state index in [1.165, 1.54) is 0 Å². The van der Waals surface area contributed by atoms with Crippen LogP contribution >= 0.6 is 0 Å². The molecule has 0 saturated carbocycles. The Morgan fingerprint density at radius 1 is 1.38 bits per heavy atom. The monoisotopic (exact) mass is 289 g/mol. The van der Waals surface area contributed by atoms with E-state index in [2.05, 4.69) is 15.6 Å². The van der Waals surface area contributed by atoms with Gasteiger partial charge in [0.05, 0.1) is 18.9 Å². The van der Waals surface area contributed by atoms with Crippen molar-refractivity contribution in [3.63, 3.8) is 0 Å². The van der Waals surface area contributed by atoms with E-state index in [-0.39, 0.29) is 5.56 Å². The van der Waals surface area contributed by atoms with Crippen LogP contribution in [0.3, 0.4) is 0 Å². The largest absolute Gasteiger partial charge is 0.497 e. The molecule has 5 nitrogen and oxygen atoms in total. The third-order valence-electron chi connectivity index (χ3n) is 2.77. The molecule has 21 heavy (non-hydrogen) atoms. The molecule has 0 fully saturated rings. The molecule has 0 aliphatic heterocycles. The smallest absolute Gasteiger partial charge is 0.259 e. The Balaban J connectivity index is 2.25. The summed E-state index contributed by atoms with van der Waals surface area (Å²) in [6.07, 6.45) is 1.07. The molecule has 0 aliphatic rings. The van der Waals surface area contributed by atoms with Crippen molar-refractivity contribution in [2.24, 2.45) is 0 Å². The third-order valence-corrected chi connectivity index (χ3v) is 2.77. The number of anilines is 2. The van der Waals surface area contributed by atoms with Crippen molar-refractivity contribution in [3.05, 3.63) is 47.9 Å². The van der Waals surface area contributed by atoms with Gasteiger partial charge in [-0.25, -0.2) is 9.37 Å². The number of pyridine rings is 1. The molecule has 0 aliphatic carbocycles. The minimum Gasteiger partial charge on any atom is -0.497 e. The molecule has 0 bridgehead atoms. The summed E-state index contributed by atoms with van der Waals surface area (Å²) in [4.78, 5) is 16.2. The first kappa shape index (κ1) is 14.8. The van der Waals surface area contributed by atoms with Crippen molar-refractivity contribution in [2.75, 3.05) is 24.3 Å². The number of benzene rings is 1. The van der Waals surface area contributed by atoms with Gasteiger partial charge in [-0.1, -0.05) is 6.07 Å². The van der Waals surface area contributed by atoms with Gasteiger partial charge < -0.3 is 15.4 Å². The van der Waals surface area contributed by atoms with Crippen molar-refractivity contribution in [1.29, 1.82) is 0 Å². The molecule has 1 aromatic carbocycles. The van der Waals surface area contributed by atoms with Crippen molar-refractivity contribution in [3.8, 4) is 5.75 Å². The number of rotatable bonds is 5. The van der Waals surface area contributed by atoms with E-state index in [0.717, 1.165) is 12.3 Å². The fourth-order valence-corrected chi connectivity index (χ4v) is 1.82. The van der Waals surface area contributed by atoms with Gasteiger partial charge in [0, 0.05) is 18.3 Å². The number of halogens is 1. The van der Waals surface area contributed by atoms with Gasteiger partial charge in [-0.05, 0) is 25.1 Å². The zero-order valence-electron chi connectivity index (χ0n) is 11.8. The Morgan fingerprint density at radius 3 is 2.90 bits per heavy atom. The lowest BCUT2D eigenvalue weighted by Crippen LogP contribution is -2.16. The van der Waals surface area contributed by atoms with E-state index in [9.17, 15) is 9.18 Å². The number of carbonyl (C=O) groups excluding carboxylic acids is 1. The molecule has 1 amide bonds. The molecular formula is C15H16FN3O2. The van der Waals surface area contributed by atoms with E-state index in [1.807, 2.05) is 6.92 Å². The number of hydrogen-bond acceptors (Lipinski definition) is 4. The van der Waals surface area contributed by atoms with Gasteiger partial charge in [0.1, 0.15) is 17.4 Å². The van der Waals surface area contributed by atoms with Crippen LogP contribution in [0.5, 0.6) is 5.75 Å². The van der Waals surface area contributed by atoms with Crippen molar-refractivity contribution >= 4 is 17.4 Å². The molecule has 1 aromatic heterocycles. The van der Waals surface area contributed by atoms with Crippen LogP contribution in [-0.4, -0.2) is 24.5 Å². The van der Waals surface area contributed by atoms with E-state index in [0.29, 0.717) is 23.8 Å². The molecule has 6 heteroatoms. The standard InChI is InChI=1S/C15H16FN3O2/c1-3-17-14-13(7-10(16)9-18-14)15(20)19-11-5-4-6-12(8-11)21-2/h4-9H,3H2,1-2H3,(H,17,18)(H,19,20). The van der Waals surface area contributed by atoms with Crippen molar-refractivity contribution < 1.29 is 13.9 Å². The normalized spacial score (nSPS) is 10.0. The number of methoxy groups -OCH3 is 1. The summed E-state index contributed by atoms with van der Waals surface area (Å²) in [7, 11) is 1.54. The fraction of sp³-hybridized carbons (Fsp3) is 0.200. The predicted molar refractivity (Wildman–Crippen MR) is 79.3 cm³/mol. The molecule has 0 saturated heterocycles. The van der Waals surface area contributed by atoms with Gasteiger partial charge in [-0.15, -0.1) is 0 Å². The Kier molecular flexibility index (Phi) is 4.71. The van der Waals surface area contributed by atoms with Crippen LogP contribution in [-0.2, 0) is 0 Å². The molecule has 0 unspecified atom stereocenters. The SMILES string of the molecule is CCNc1ncc(F)cc1C(=O)Nc1cccc(OC)c1. The van der Waals surface area contributed by atoms with E-state index < -0.39 is 11.7 Å². The maximum atomic E-state index is 13.3. The summed E-state index contributed by atoms with van der Waals surface area (Å²) < 4.78 is 18.4. The van der Waals surface area contributed by atoms with Crippen LogP contribution in [0.25, 0.3) is 0 Å². The summed E-state index contributed by atoms with van der Waals surface area (Å²) >= 11 is 0. The molecule has 2 aromatic rings. The van der Waals surface area contributed by atoms with Crippen molar-refractivity contribution in [1.82, 2.24) is 4.98 Å². The lowest BCUT2D eigenvalue weighted by Gasteiger charge is -2.11. The number of amides is 1. The highest BCUT2D eigenvalue weighted by Crippen LogP contribution is 2.19. The molecule has 110 valence electrons. The second-order valence-electron chi connectivity index (χ2n) is 4.27. The number of aromatic nitrogens is 1. The molecular weight excluding hydrogens is 273 g/mol. The first-order valence-electron chi connectivity index (χ1n) is 6.49. The minimum absolute atomic E-state index is 0.152. The highest BCUT2D eigenvalue weighted by atomic mass is 19.1. The van der Waals surface area contributed by atoms with Crippen LogP contribution in [0.1, 0.15) is 17.3 Å². The maximum Gasteiger partial charge on any atom is 0.259 e. The van der Waals surface area contributed by atoms with Crippen molar-refractivity contribution in [2.45, 2.75) is 6.92 Å². The van der Waals surface area contributed by atoms with Gasteiger partial charge in [-0.2, -0.15) is 0 Å². The second kappa shape index (κ2) is 6.69. The Bertz CT molecular complexity index is 647. The zero-order chi connectivity index (χ0) is 15.2. The number of hydrogen-bond donors (Lipinski definition) is 2. The lowest BCUT2D eigenvalue weighted by molar-refractivity contribution is 0.102. The van der Waals surface area contributed by atoms with Crippen LogP contribution < -0.4 is 15.4 Å². The predicted octanol–water partition coefficient (Wildman–Crippen LogP) is 2.91. The summed E-state index contributed by atoms with van der Waals surface area (Å²) in [5.74, 6) is -0.0324. The number of nitrogens with one attached hydrogen (secondary N) is 2. The van der Waals surface area contributed by atoms with Crippen LogP contribution in [0.15, 0.2) is 36.5 Å². The summed E-state index contributed by atoms with van der Waals surface area (Å²) in [5.41, 5.74) is 0.714. The minimum atomic E-state index is -0.563. The zero-order valence-corrected chi connectivity index (χ0v) is 11.8. The molecule has 0 radical (unpaired) electrons. The number of ether oxygens (including phenoxy) is 1. The van der Waals surface area contributed by atoms with E-state index >= 15 is 0 Å². The highest BCUT2D eigenvalue weighted by Gasteiger charge is 2.14. The van der Waals surface area contributed by atoms with Gasteiger partial charge in [-0.3, -0.25) is 4.79 Å².